The maximum absolute atomic E-state index is 12.1. The van der Waals surface area contributed by atoms with E-state index in [-0.39, 0.29) is 5.78 Å². The van der Waals surface area contributed by atoms with Crippen molar-refractivity contribution in [3.63, 3.8) is 0 Å². The van der Waals surface area contributed by atoms with Gasteiger partial charge >= 0.3 is 0 Å². The highest BCUT2D eigenvalue weighted by molar-refractivity contribution is 6.32. The van der Waals surface area contributed by atoms with E-state index < -0.39 is 0 Å². The van der Waals surface area contributed by atoms with E-state index in [0.29, 0.717) is 22.2 Å². The van der Waals surface area contributed by atoms with Crippen LogP contribution in [0.2, 0.25) is 5.02 Å². The molecule has 88 valence electrons. The van der Waals surface area contributed by atoms with Gasteiger partial charge in [0.15, 0.2) is 5.82 Å². The molecule has 0 saturated carbocycles. The van der Waals surface area contributed by atoms with Crippen molar-refractivity contribution >= 4 is 17.4 Å². The van der Waals surface area contributed by atoms with E-state index in [9.17, 15) is 4.79 Å². The Morgan fingerprint density at radius 3 is 2.82 bits per heavy atom. The molecule has 0 aliphatic rings. The van der Waals surface area contributed by atoms with Gasteiger partial charge in [0.25, 0.3) is 0 Å². The van der Waals surface area contributed by atoms with Crippen LogP contribution < -0.4 is 4.74 Å². The average molecular weight is 251 g/mol. The van der Waals surface area contributed by atoms with Gasteiger partial charge in [0.05, 0.1) is 12.1 Å². The topological polar surface area (TPSA) is 44.1 Å². The highest BCUT2D eigenvalue weighted by Crippen LogP contribution is 2.25. The zero-order valence-corrected chi connectivity index (χ0v) is 10.2. The van der Waals surface area contributed by atoms with Crippen molar-refractivity contribution in [3.8, 4) is 5.75 Å². The second-order valence-electron chi connectivity index (χ2n) is 3.54. The number of ether oxygens (including phenoxy) is 1. The summed E-state index contributed by atoms with van der Waals surface area (Å²) in [4.78, 5) is 16.1. The predicted molar refractivity (Wildman–Crippen MR) is 64.6 cm³/mol. The summed E-state index contributed by atoms with van der Waals surface area (Å²) in [6, 6.07) is 4.90. The van der Waals surface area contributed by atoms with E-state index in [2.05, 4.69) is 4.98 Å². The zero-order valence-electron chi connectivity index (χ0n) is 9.48. The van der Waals surface area contributed by atoms with Crippen LogP contribution in [0, 0.1) is 0 Å². The zero-order chi connectivity index (χ0) is 12.4. The number of imidazole rings is 1. The number of aromatic nitrogens is 2. The Morgan fingerprint density at radius 1 is 1.47 bits per heavy atom. The lowest BCUT2D eigenvalue weighted by atomic mass is 10.1. The Bertz CT molecular complexity index is 563. The molecule has 0 N–H and O–H groups in total. The van der Waals surface area contributed by atoms with E-state index in [1.54, 1.807) is 42.2 Å². The van der Waals surface area contributed by atoms with Gasteiger partial charge in [-0.3, -0.25) is 4.79 Å². The minimum absolute atomic E-state index is 0.160. The number of rotatable bonds is 3. The van der Waals surface area contributed by atoms with Gasteiger partial charge in [-0.2, -0.15) is 0 Å². The summed E-state index contributed by atoms with van der Waals surface area (Å²) in [7, 11) is 3.28. The minimum atomic E-state index is -0.160. The van der Waals surface area contributed by atoms with Gasteiger partial charge in [-0.15, -0.1) is 0 Å². The first-order chi connectivity index (χ1) is 8.13. The van der Waals surface area contributed by atoms with Gasteiger partial charge in [-0.05, 0) is 18.2 Å². The second kappa shape index (κ2) is 4.59. The summed E-state index contributed by atoms with van der Waals surface area (Å²) in [6.45, 7) is 0. The maximum atomic E-state index is 12.1. The molecular weight excluding hydrogens is 240 g/mol. The van der Waals surface area contributed by atoms with Crippen LogP contribution in [0.4, 0.5) is 0 Å². The predicted octanol–water partition coefficient (Wildman–Crippen LogP) is 2.31. The lowest BCUT2D eigenvalue weighted by molar-refractivity contribution is 0.102. The van der Waals surface area contributed by atoms with E-state index in [1.807, 2.05) is 0 Å². The summed E-state index contributed by atoms with van der Waals surface area (Å²) in [5.74, 6) is 0.702. The number of methoxy groups -OCH3 is 1. The molecule has 1 aromatic heterocycles. The third-order valence-electron chi connectivity index (χ3n) is 2.44. The molecule has 0 amide bonds. The number of nitrogens with zero attached hydrogens (tertiary/aromatic N) is 2. The number of hydrogen-bond acceptors (Lipinski definition) is 3. The van der Waals surface area contributed by atoms with Gasteiger partial charge in [0, 0.05) is 25.0 Å². The fourth-order valence-electron chi connectivity index (χ4n) is 1.51. The molecule has 5 heteroatoms. The fraction of sp³-hybridized carbons (Fsp3) is 0.167. The van der Waals surface area contributed by atoms with Crippen LogP contribution in [0.3, 0.4) is 0 Å². The monoisotopic (exact) mass is 250 g/mol. The molecule has 0 aliphatic heterocycles. The van der Waals surface area contributed by atoms with Crippen molar-refractivity contribution in [3.05, 3.63) is 47.0 Å². The number of carbonyl (C=O) groups excluding carboxylic acids is 1. The van der Waals surface area contributed by atoms with Crippen LogP contribution in [-0.2, 0) is 7.05 Å². The van der Waals surface area contributed by atoms with Crippen LogP contribution in [0.25, 0.3) is 0 Å². The minimum Gasteiger partial charge on any atom is -0.495 e. The third-order valence-corrected chi connectivity index (χ3v) is 2.75. The molecule has 1 heterocycles. The van der Waals surface area contributed by atoms with Gasteiger partial charge < -0.3 is 9.30 Å². The Morgan fingerprint density at radius 2 is 2.24 bits per heavy atom. The maximum Gasteiger partial charge on any atom is 0.228 e. The van der Waals surface area contributed by atoms with E-state index in [4.69, 9.17) is 16.3 Å². The van der Waals surface area contributed by atoms with Crippen LogP contribution >= 0.6 is 11.6 Å². The molecule has 0 aliphatic carbocycles. The first-order valence-electron chi connectivity index (χ1n) is 4.99. The van der Waals surface area contributed by atoms with E-state index >= 15 is 0 Å². The molecule has 0 bridgehead atoms. The smallest absolute Gasteiger partial charge is 0.228 e. The molecule has 2 rings (SSSR count). The van der Waals surface area contributed by atoms with Crippen LogP contribution in [0.1, 0.15) is 16.2 Å². The first-order valence-corrected chi connectivity index (χ1v) is 5.37. The normalized spacial score (nSPS) is 10.3. The summed E-state index contributed by atoms with van der Waals surface area (Å²) in [5.41, 5.74) is 0.501. The molecular formula is C12H11ClN2O2. The molecule has 4 nitrogen and oxygen atoms in total. The summed E-state index contributed by atoms with van der Waals surface area (Å²) < 4.78 is 6.74. The summed E-state index contributed by atoms with van der Waals surface area (Å²) in [6.07, 6.45) is 3.31. The van der Waals surface area contributed by atoms with Crippen molar-refractivity contribution in [1.29, 1.82) is 0 Å². The van der Waals surface area contributed by atoms with Crippen molar-refractivity contribution in [1.82, 2.24) is 9.55 Å². The van der Waals surface area contributed by atoms with Gasteiger partial charge in [-0.1, -0.05) is 11.6 Å². The van der Waals surface area contributed by atoms with E-state index in [0.717, 1.165) is 0 Å². The van der Waals surface area contributed by atoms with Crippen LogP contribution in [-0.4, -0.2) is 22.4 Å². The number of carbonyl (C=O) groups is 1. The Hall–Kier alpha value is -1.81. The fourth-order valence-corrected chi connectivity index (χ4v) is 1.71. The highest BCUT2D eigenvalue weighted by atomic mass is 35.5. The Balaban J connectivity index is 2.41. The lowest BCUT2D eigenvalue weighted by Gasteiger charge is -2.05. The van der Waals surface area contributed by atoms with E-state index in [1.165, 1.54) is 7.11 Å². The number of benzene rings is 1. The van der Waals surface area contributed by atoms with Gasteiger partial charge in [0.2, 0.25) is 5.78 Å². The number of aryl methyl sites for hydroxylation is 1. The average Bonchev–Trinajstić information content (AvgIpc) is 2.75. The SMILES string of the molecule is COc1cc(C(=O)c2nccn2C)ccc1Cl. The number of hydrogen-bond donors (Lipinski definition) is 0. The van der Waals surface area contributed by atoms with Gasteiger partial charge in [-0.25, -0.2) is 4.98 Å². The molecule has 17 heavy (non-hydrogen) atoms. The molecule has 0 spiro atoms. The number of ketones is 1. The van der Waals surface area contributed by atoms with Crippen LogP contribution in [0.15, 0.2) is 30.6 Å². The largest absolute Gasteiger partial charge is 0.495 e. The number of halogens is 1. The summed E-state index contributed by atoms with van der Waals surface area (Å²) >= 11 is 5.90. The quantitative estimate of drug-likeness (QED) is 0.786. The molecule has 0 fully saturated rings. The molecule has 1 aromatic carbocycles. The Kier molecular flexibility index (Phi) is 3.15. The molecule has 0 unspecified atom stereocenters. The lowest BCUT2D eigenvalue weighted by Crippen LogP contribution is -2.08. The Labute approximate surface area is 104 Å². The van der Waals surface area contributed by atoms with Crippen molar-refractivity contribution in [2.75, 3.05) is 7.11 Å². The first kappa shape index (κ1) is 11.7. The standard InChI is InChI=1S/C12H11ClN2O2/c1-15-6-5-14-12(15)11(16)8-3-4-9(13)10(7-8)17-2/h3-7H,1-2H3. The molecule has 0 radical (unpaired) electrons. The third kappa shape index (κ3) is 2.17. The molecule has 0 saturated heterocycles. The van der Waals surface area contributed by atoms with Gasteiger partial charge in [0.1, 0.15) is 5.75 Å². The van der Waals surface area contributed by atoms with Crippen molar-refractivity contribution in [2.45, 2.75) is 0 Å². The molecule has 0 atom stereocenters. The van der Waals surface area contributed by atoms with Crippen molar-refractivity contribution in [2.24, 2.45) is 7.05 Å². The molecule has 2 aromatic rings. The summed E-state index contributed by atoms with van der Waals surface area (Å²) in [5, 5.41) is 0.476. The van der Waals surface area contributed by atoms with Crippen LogP contribution in [0.5, 0.6) is 5.75 Å². The second-order valence-corrected chi connectivity index (χ2v) is 3.95. The highest BCUT2D eigenvalue weighted by Gasteiger charge is 2.15. The van der Waals surface area contributed by atoms with Crippen molar-refractivity contribution < 1.29 is 9.53 Å².